The summed E-state index contributed by atoms with van der Waals surface area (Å²) < 4.78 is 6.45. The fourth-order valence-corrected chi connectivity index (χ4v) is 2.24. The summed E-state index contributed by atoms with van der Waals surface area (Å²) in [6.07, 6.45) is 0.685. The van der Waals surface area contributed by atoms with Crippen LogP contribution < -0.4 is 10.1 Å². The predicted molar refractivity (Wildman–Crippen MR) is 82.7 cm³/mol. The molecule has 0 aliphatic carbocycles. The lowest BCUT2D eigenvalue weighted by molar-refractivity contribution is -0.121. The van der Waals surface area contributed by atoms with Gasteiger partial charge in [0.1, 0.15) is 5.75 Å². The van der Waals surface area contributed by atoms with Crippen molar-refractivity contribution in [2.45, 2.75) is 32.8 Å². The van der Waals surface area contributed by atoms with Gasteiger partial charge in [-0.2, -0.15) is 0 Å². The van der Waals surface area contributed by atoms with Crippen LogP contribution in [-0.4, -0.2) is 30.3 Å². The molecule has 0 bridgehead atoms. The van der Waals surface area contributed by atoms with Crippen molar-refractivity contribution in [1.29, 1.82) is 0 Å². The Hall–Kier alpha value is -1.07. The minimum absolute atomic E-state index is 0.0301. The second-order valence-electron chi connectivity index (χ2n) is 5.05. The van der Waals surface area contributed by atoms with Crippen LogP contribution in [0.2, 0.25) is 0 Å². The quantitative estimate of drug-likeness (QED) is 0.762. The van der Waals surface area contributed by atoms with E-state index in [2.05, 4.69) is 21.2 Å². The first-order valence-corrected chi connectivity index (χ1v) is 7.60. The second kappa shape index (κ2) is 8.97. The van der Waals surface area contributed by atoms with Gasteiger partial charge >= 0.3 is 0 Å². The van der Waals surface area contributed by atoms with E-state index < -0.39 is 0 Å². The molecule has 0 aliphatic rings. The monoisotopic (exact) mass is 343 g/mol. The molecule has 1 amide bonds. The largest absolute Gasteiger partial charge is 0.493 e. The Bertz CT molecular complexity index is 423. The van der Waals surface area contributed by atoms with Crippen molar-refractivity contribution < 1.29 is 14.6 Å². The molecule has 4 nitrogen and oxygen atoms in total. The number of nitrogens with one attached hydrogen (secondary N) is 1. The molecule has 1 aromatic rings. The number of rotatable bonds is 8. The Kier molecular flexibility index (Phi) is 7.62. The van der Waals surface area contributed by atoms with Crippen molar-refractivity contribution in [3.05, 3.63) is 28.7 Å². The van der Waals surface area contributed by atoms with Gasteiger partial charge in [0.05, 0.1) is 19.1 Å². The molecule has 0 saturated heterocycles. The van der Waals surface area contributed by atoms with Crippen LogP contribution in [0, 0.1) is 5.92 Å². The molecule has 1 rings (SSSR count). The fraction of sp³-hybridized carbons (Fsp3) is 0.533. The lowest BCUT2D eigenvalue weighted by Crippen LogP contribution is -2.30. The molecule has 0 aliphatic heterocycles. The average molecular weight is 344 g/mol. The van der Waals surface area contributed by atoms with Crippen LogP contribution in [0.5, 0.6) is 5.75 Å². The van der Waals surface area contributed by atoms with E-state index in [1.165, 1.54) is 0 Å². The highest BCUT2D eigenvalue weighted by molar-refractivity contribution is 9.10. The summed E-state index contributed by atoms with van der Waals surface area (Å²) in [5.41, 5.74) is 0. The number of amides is 1. The Balaban J connectivity index is 2.17. The maximum atomic E-state index is 11.6. The lowest BCUT2D eigenvalue weighted by atomic mass is 10.0. The molecule has 0 spiro atoms. The molecule has 0 radical (unpaired) electrons. The van der Waals surface area contributed by atoms with Crippen molar-refractivity contribution in [2.24, 2.45) is 5.92 Å². The van der Waals surface area contributed by atoms with Crippen molar-refractivity contribution in [3.8, 4) is 5.75 Å². The highest BCUT2D eigenvalue weighted by Gasteiger charge is 2.08. The minimum Gasteiger partial charge on any atom is -0.493 e. The van der Waals surface area contributed by atoms with Crippen LogP contribution in [0.15, 0.2) is 28.7 Å². The zero-order chi connectivity index (χ0) is 15.0. The molecule has 0 aromatic heterocycles. The van der Waals surface area contributed by atoms with Gasteiger partial charge in [0.15, 0.2) is 0 Å². The highest BCUT2D eigenvalue weighted by Crippen LogP contribution is 2.17. The van der Waals surface area contributed by atoms with E-state index in [0.29, 0.717) is 26.0 Å². The number of carbonyl (C=O) groups excluding carboxylic acids is 1. The third-order valence-corrected chi connectivity index (χ3v) is 3.28. The summed E-state index contributed by atoms with van der Waals surface area (Å²) in [4.78, 5) is 11.6. The molecular formula is C15H22BrNO3. The molecule has 2 unspecified atom stereocenters. The molecule has 20 heavy (non-hydrogen) atoms. The Morgan fingerprint density at radius 2 is 2.20 bits per heavy atom. The lowest BCUT2D eigenvalue weighted by Gasteiger charge is -2.14. The molecular weight excluding hydrogens is 322 g/mol. The van der Waals surface area contributed by atoms with Gasteiger partial charge in [-0.15, -0.1) is 0 Å². The smallest absolute Gasteiger partial charge is 0.223 e. The standard InChI is InChI=1S/C15H22BrNO3/c1-11(8-12(2)18)10-17-15(19)6-7-20-14-5-3-4-13(16)9-14/h3-5,9,11-12,18H,6-8,10H2,1-2H3,(H,17,19). The first kappa shape index (κ1) is 17.0. The Labute approximate surface area is 128 Å². The number of carbonyl (C=O) groups is 1. The van der Waals surface area contributed by atoms with Crippen molar-refractivity contribution in [2.75, 3.05) is 13.2 Å². The van der Waals surface area contributed by atoms with Gasteiger partial charge in [0.2, 0.25) is 5.91 Å². The molecule has 0 heterocycles. The van der Waals surface area contributed by atoms with Crippen molar-refractivity contribution >= 4 is 21.8 Å². The zero-order valence-electron chi connectivity index (χ0n) is 11.9. The molecule has 1 aromatic carbocycles. The van der Waals surface area contributed by atoms with E-state index in [4.69, 9.17) is 4.74 Å². The molecule has 2 N–H and O–H groups in total. The first-order chi connectivity index (χ1) is 9.47. The first-order valence-electron chi connectivity index (χ1n) is 6.80. The Morgan fingerprint density at radius 1 is 1.45 bits per heavy atom. The normalized spacial score (nSPS) is 13.6. The average Bonchev–Trinajstić information content (AvgIpc) is 2.36. The number of halogens is 1. The van der Waals surface area contributed by atoms with Gasteiger partial charge in [0.25, 0.3) is 0 Å². The van der Waals surface area contributed by atoms with Crippen LogP contribution in [-0.2, 0) is 4.79 Å². The molecule has 5 heteroatoms. The van der Waals surface area contributed by atoms with E-state index in [-0.39, 0.29) is 17.9 Å². The van der Waals surface area contributed by atoms with Gasteiger partial charge in [-0.1, -0.05) is 28.9 Å². The van der Waals surface area contributed by atoms with Gasteiger partial charge in [0, 0.05) is 11.0 Å². The van der Waals surface area contributed by atoms with E-state index in [1.807, 2.05) is 31.2 Å². The van der Waals surface area contributed by atoms with Crippen LogP contribution in [0.25, 0.3) is 0 Å². The summed E-state index contributed by atoms with van der Waals surface area (Å²) >= 11 is 3.36. The van der Waals surface area contributed by atoms with Crippen molar-refractivity contribution in [3.63, 3.8) is 0 Å². The summed E-state index contributed by atoms with van der Waals surface area (Å²) in [6, 6.07) is 7.52. The number of ether oxygens (including phenoxy) is 1. The third-order valence-electron chi connectivity index (χ3n) is 2.79. The SMILES string of the molecule is CC(O)CC(C)CNC(=O)CCOc1cccc(Br)c1. The fourth-order valence-electron chi connectivity index (χ4n) is 1.86. The number of aliphatic hydroxyl groups excluding tert-OH is 1. The van der Waals surface area contributed by atoms with Gasteiger partial charge < -0.3 is 15.2 Å². The van der Waals surface area contributed by atoms with Gasteiger partial charge in [-0.05, 0) is 37.5 Å². The van der Waals surface area contributed by atoms with E-state index in [0.717, 1.165) is 10.2 Å². The molecule has 2 atom stereocenters. The van der Waals surface area contributed by atoms with Crippen LogP contribution in [0.1, 0.15) is 26.7 Å². The zero-order valence-corrected chi connectivity index (χ0v) is 13.5. The summed E-state index contributed by atoms with van der Waals surface area (Å²) in [6.45, 7) is 4.70. The van der Waals surface area contributed by atoms with Gasteiger partial charge in [-0.25, -0.2) is 0 Å². The highest BCUT2D eigenvalue weighted by atomic mass is 79.9. The van der Waals surface area contributed by atoms with Gasteiger partial charge in [-0.3, -0.25) is 4.79 Å². The third kappa shape index (κ3) is 7.50. The van der Waals surface area contributed by atoms with Crippen molar-refractivity contribution in [1.82, 2.24) is 5.32 Å². The van der Waals surface area contributed by atoms with E-state index in [1.54, 1.807) is 6.92 Å². The van der Waals surface area contributed by atoms with Crippen LogP contribution in [0.4, 0.5) is 0 Å². The maximum absolute atomic E-state index is 11.6. The maximum Gasteiger partial charge on any atom is 0.223 e. The summed E-state index contributed by atoms with van der Waals surface area (Å²) in [7, 11) is 0. The number of benzene rings is 1. The second-order valence-corrected chi connectivity index (χ2v) is 5.97. The molecule has 0 saturated carbocycles. The Morgan fingerprint density at radius 3 is 2.85 bits per heavy atom. The number of hydrogen-bond donors (Lipinski definition) is 2. The molecule has 112 valence electrons. The topological polar surface area (TPSA) is 58.6 Å². The minimum atomic E-state index is -0.332. The molecule has 0 fully saturated rings. The van der Waals surface area contributed by atoms with E-state index in [9.17, 15) is 9.90 Å². The summed E-state index contributed by atoms with van der Waals surface area (Å²) in [5, 5.41) is 12.1. The summed E-state index contributed by atoms with van der Waals surface area (Å²) in [5.74, 6) is 0.983. The van der Waals surface area contributed by atoms with Crippen LogP contribution in [0.3, 0.4) is 0 Å². The number of hydrogen-bond acceptors (Lipinski definition) is 3. The van der Waals surface area contributed by atoms with Crippen LogP contribution >= 0.6 is 15.9 Å². The predicted octanol–water partition coefficient (Wildman–Crippen LogP) is 2.74. The van der Waals surface area contributed by atoms with E-state index >= 15 is 0 Å². The number of aliphatic hydroxyl groups is 1.